The van der Waals surface area contributed by atoms with Crippen LogP contribution in [0.5, 0.6) is 0 Å². The molecule has 0 aromatic heterocycles. The molecule has 0 saturated heterocycles. The van der Waals surface area contributed by atoms with Crippen molar-refractivity contribution >= 4 is 11.7 Å². The van der Waals surface area contributed by atoms with Gasteiger partial charge in [-0.05, 0) is 19.1 Å². The average Bonchev–Trinajstić information content (AvgIpc) is 2.21. The van der Waals surface area contributed by atoms with Gasteiger partial charge in [0.25, 0.3) is 0 Å². The van der Waals surface area contributed by atoms with E-state index in [1.54, 1.807) is 0 Å². The zero-order chi connectivity index (χ0) is 14.8. The molecule has 0 radical (unpaired) electrons. The van der Waals surface area contributed by atoms with Gasteiger partial charge in [0.05, 0.1) is 17.7 Å². The van der Waals surface area contributed by atoms with E-state index in [2.05, 4.69) is 5.32 Å². The van der Waals surface area contributed by atoms with Crippen molar-refractivity contribution < 1.29 is 31.9 Å². The molecule has 0 amide bonds. The molecule has 0 saturated carbocycles. The maximum atomic E-state index is 13.4. The number of benzene rings is 1. The SMILES string of the molecule is CC(CC(F)(F)F)Nc1ccc(C(=O)O)c(F)c1F. The molecule has 0 heterocycles. The third kappa shape index (κ3) is 4.08. The van der Waals surface area contributed by atoms with Crippen molar-refractivity contribution in [3.63, 3.8) is 0 Å². The molecular weight excluding hydrogens is 273 g/mol. The third-order valence-electron chi connectivity index (χ3n) is 2.25. The monoisotopic (exact) mass is 283 g/mol. The van der Waals surface area contributed by atoms with Crippen LogP contribution in [0.1, 0.15) is 23.7 Å². The number of rotatable bonds is 4. The summed E-state index contributed by atoms with van der Waals surface area (Å²) in [5.41, 5.74) is -1.40. The molecule has 0 spiro atoms. The summed E-state index contributed by atoms with van der Waals surface area (Å²) < 4.78 is 62.9. The molecule has 3 nitrogen and oxygen atoms in total. The molecular formula is C11H10F5NO2. The first-order chi connectivity index (χ1) is 8.61. The summed E-state index contributed by atoms with van der Waals surface area (Å²) in [5, 5.41) is 10.7. The fourth-order valence-electron chi connectivity index (χ4n) is 1.49. The number of anilines is 1. The van der Waals surface area contributed by atoms with Crippen molar-refractivity contribution in [3.8, 4) is 0 Å². The largest absolute Gasteiger partial charge is 0.478 e. The van der Waals surface area contributed by atoms with Crippen molar-refractivity contribution in [1.82, 2.24) is 0 Å². The molecule has 106 valence electrons. The number of alkyl halides is 3. The van der Waals surface area contributed by atoms with Gasteiger partial charge in [0, 0.05) is 6.04 Å². The summed E-state index contributed by atoms with van der Waals surface area (Å²) in [7, 11) is 0. The van der Waals surface area contributed by atoms with Gasteiger partial charge in [-0.25, -0.2) is 13.6 Å². The minimum Gasteiger partial charge on any atom is -0.478 e. The van der Waals surface area contributed by atoms with Crippen LogP contribution in [0.4, 0.5) is 27.6 Å². The van der Waals surface area contributed by atoms with Gasteiger partial charge in [0.2, 0.25) is 0 Å². The molecule has 0 bridgehead atoms. The highest BCUT2D eigenvalue weighted by Gasteiger charge is 2.30. The summed E-state index contributed by atoms with van der Waals surface area (Å²) >= 11 is 0. The molecule has 0 aliphatic rings. The molecule has 8 heteroatoms. The van der Waals surface area contributed by atoms with Gasteiger partial charge in [-0.2, -0.15) is 13.2 Å². The Kier molecular flexibility index (Phi) is 4.33. The van der Waals surface area contributed by atoms with Crippen molar-refractivity contribution in [1.29, 1.82) is 0 Å². The van der Waals surface area contributed by atoms with Crippen LogP contribution in [0.3, 0.4) is 0 Å². The average molecular weight is 283 g/mol. The van der Waals surface area contributed by atoms with Crippen molar-refractivity contribution in [2.45, 2.75) is 25.6 Å². The predicted molar refractivity (Wildman–Crippen MR) is 57.1 cm³/mol. The Morgan fingerprint density at radius 1 is 1.32 bits per heavy atom. The highest BCUT2D eigenvalue weighted by Crippen LogP contribution is 2.26. The van der Waals surface area contributed by atoms with E-state index in [1.165, 1.54) is 0 Å². The van der Waals surface area contributed by atoms with E-state index in [1.807, 2.05) is 0 Å². The fourth-order valence-corrected chi connectivity index (χ4v) is 1.49. The van der Waals surface area contributed by atoms with Gasteiger partial charge in [-0.3, -0.25) is 0 Å². The van der Waals surface area contributed by atoms with Crippen LogP contribution in [0, 0.1) is 11.6 Å². The second-order valence-electron chi connectivity index (χ2n) is 3.96. The standard InChI is InChI=1S/C11H10F5NO2/c1-5(4-11(14,15)16)17-7-3-2-6(10(18)19)8(12)9(7)13/h2-3,5,17H,4H2,1H3,(H,18,19). The lowest BCUT2D eigenvalue weighted by atomic mass is 10.1. The predicted octanol–water partition coefficient (Wildman–Crippen LogP) is 3.42. The maximum absolute atomic E-state index is 13.4. The van der Waals surface area contributed by atoms with E-state index < -0.39 is 47.5 Å². The number of aromatic carboxylic acids is 1. The number of hydrogen-bond acceptors (Lipinski definition) is 2. The molecule has 1 aromatic rings. The van der Waals surface area contributed by atoms with E-state index in [0.29, 0.717) is 0 Å². The van der Waals surface area contributed by atoms with E-state index >= 15 is 0 Å². The van der Waals surface area contributed by atoms with Crippen molar-refractivity contribution in [2.24, 2.45) is 0 Å². The van der Waals surface area contributed by atoms with Crippen LogP contribution < -0.4 is 5.32 Å². The van der Waals surface area contributed by atoms with E-state index in [-0.39, 0.29) is 0 Å². The minimum atomic E-state index is -4.44. The number of carboxylic acid groups (broad SMARTS) is 1. The lowest BCUT2D eigenvalue weighted by molar-refractivity contribution is -0.136. The molecule has 1 unspecified atom stereocenters. The van der Waals surface area contributed by atoms with Crippen LogP contribution in [0.25, 0.3) is 0 Å². The fraction of sp³-hybridized carbons (Fsp3) is 0.364. The molecule has 1 rings (SSSR count). The Morgan fingerprint density at radius 2 is 1.89 bits per heavy atom. The number of halogens is 5. The van der Waals surface area contributed by atoms with Crippen molar-refractivity contribution in [3.05, 3.63) is 29.3 Å². The quantitative estimate of drug-likeness (QED) is 0.832. The molecule has 0 aliphatic carbocycles. The second-order valence-corrected chi connectivity index (χ2v) is 3.96. The first-order valence-electron chi connectivity index (χ1n) is 5.16. The van der Waals surface area contributed by atoms with Gasteiger partial charge in [-0.15, -0.1) is 0 Å². The zero-order valence-electron chi connectivity index (χ0n) is 9.68. The smallest absolute Gasteiger partial charge is 0.391 e. The molecule has 0 aliphatic heterocycles. The summed E-state index contributed by atoms with van der Waals surface area (Å²) in [4.78, 5) is 10.5. The van der Waals surface area contributed by atoms with Crippen LogP contribution in [0.15, 0.2) is 12.1 Å². The van der Waals surface area contributed by atoms with Gasteiger partial charge in [0.15, 0.2) is 11.6 Å². The summed E-state index contributed by atoms with van der Waals surface area (Å²) in [5.74, 6) is -4.79. The number of carboxylic acids is 1. The van der Waals surface area contributed by atoms with Crippen LogP contribution in [-0.4, -0.2) is 23.3 Å². The van der Waals surface area contributed by atoms with E-state index in [9.17, 15) is 26.7 Å². The van der Waals surface area contributed by atoms with Crippen LogP contribution in [-0.2, 0) is 0 Å². The van der Waals surface area contributed by atoms with Crippen LogP contribution in [0.2, 0.25) is 0 Å². The first kappa shape index (κ1) is 15.2. The van der Waals surface area contributed by atoms with E-state index in [4.69, 9.17) is 5.11 Å². The second kappa shape index (κ2) is 5.41. The highest BCUT2D eigenvalue weighted by molar-refractivity contribution is 5.88. The van der Waals surface area contributed by atoms with Gasteiger partial charge < -0.3 is 10.4 Å². The normalized spacial score (nSPS) is 13.2. The van der Waals surface area contributed by atoms with Gasteiger partial charge in [0.1, 0.15) is 0 Å². The number of nitrogens with one attached hydrogen (secondary N) is 1. The van der Waals surface area contributed by atoms with Crippen molar-refractivity contribution in [2.75, 3.05) is 5.32 Å². The lowest BCUT2D eigenvalue weighted by Crippen LogP contribution is -2.24. The minimum absolute atomic E-state index is 0.515. The summed E-state index contributed by atoms with van der Waals surface area (Å²) in [6, 6.07) is 0.488. The summed E-state index contributed by atoms with van der Waals surface area (Å²) in [6.45, 7) is 1.15. The Bertz CT molecular complexity index is 487. The molecule has 1 aromatic carbocycles. The van der Waals surface area contributed by atoms with E-state index in [0.717, 1.165) is 19.1 Å². The zero-order valence-corrected chi connectivity index (χ0v) is 9.68. The summed E-state index contributed by atoms with van der Waals surface area (Å²) in [6.07, 6.45) is -5.67. The highest BCUT2D eigenvalue weighted by atomic mass is 19.4. The van der Waals surface area contributed by atoms with Crippen LogP contribution >= 0.6 is 0 Å². The van der Waals surface area contributed by atoms with Gasteiger partial charge in [-0.1, -0.05) is 0 Å². The Morgan fingerprint density at radius 3 is 2.37 bits per heavy atom. The third-order valence-corrected chi connectivity index (χ3v) is 2.25. The molecule has 0 fully saturated rings. The Balaban J connectivity index is 2.92. The number of carbonyl (C=O) groups is 1. The maximum Gasteiger partial charge on any atom is 0.391 e. The lowest BCUT2D eigenvalue weighted by Gasteiger charge is -2.17. The molecule has 2 N–H and O–H groups in total. The van der Waals surface area contributed by atoms with Gasteiger partial charge >= 0.3 is 12.1 Å². The Labute approximate surface area is 105 Å². The molecule has 19 heavy (non-hydrogen) atoms. The first-order valence-corrected chi connectivity index (χ1v) is 5.16. The topological polar surface area (TPSA) is 49.3 Å². The Hall–Kier alpha value is -1.86. The number of hydrogen-bond donors (Lipinski definition) is 2. The molecule has 1 atom stereocenters.